The van der Waals surface area contributed by atoms with E-state index in [-0.39, 0.29) is 6.61 Å². The minimum atomic E-state index is -0.127. The van der Waals surface area contributed by atoms with Crippen LogP contribution >= 0.6 is 0 Å². The summed E-state index contributed by atoms with van der Waals surface area (Å²) in [6, 6.07) is 1.97. The standard InChI is InChI=1S/C12H20N5O/c1-13-8-10-7-12(15-11(9-18)14-10)17-5-3-16(2)4-6-17/h7,18H,3-6,8-9H2,1-2H3/q-1. The van der Waals surface area contributed by atoms with Gasteiger partial charge in [-0.05, 0) is 7.05 Å². The summed E-state index contributed by atoms with van der Waals surface area (Å²) < 4.78 is 0. The summed E-state index contributed by atoms with van der Waals surface area (Å²) in [4.78, 5) is 13.2. The van der Waals surface area contributed by atoms with Crippen molar-refractivity contribution in [2.24, 2.45) is 0 Å². The zero-order valence-electron chi connectivity index (χ0n) is 11.0. The van der Waals surface area contributed by atoms with E-state index in [9.17, 15) is 5.11 Å². The second-order valence-electron chi connectivity index (χ2n) is 4.56. The lowest BCUT2D eigenvalue weighted by Gasteiger charge is -2.33. The highest BCUT2D eigenvalue weighted by molar-refractivity contribution is 5.40. The van der Waals surface area contributed by atoms with Crippen LogP contribution in [0.2, 0.25) is 0 Å². The van der Waals surface area contributed by atoms with Gasteiger partial charge in [-0.2, -0.15) is 7.05 Å². The fourth-order valence-electron chi connectivity index (χ4n) is 2.05. The average molecular weight is 250 g/mol. The Balaban J connectivity index is 2.17. The summed E-state index contributed by atoms with van der Waals surface area (Å²) in [5.74, 6) is 1.38. The number of rotatable bonds is 4. The Kier molecular flexibility index (Phi) is 4.46. The average Bonchev–Trinajstić information content (AvgIpc) is 2.39. The van der Waals surface area contributed by atoms with Crippen LogP contribution in [0.4, 0.5) is 5.82 Å². The van der Waals surface area contributed by atoms with Gasteiger partial charge < -0.3 is 20.2 Å². The molecule has 6 heteroatoms. The Bertz CT molecular complexity index is 390. The van der Waals surface area contributed by atoms with Gasteiger partial charge in [-0.15, -0.1) is 6.54 Å². The minimum Gasteiger partial charge on any atom is -0.660 e. The van der Waals surface area contributed by atoms with E-state index in [1.54, 1.807) is 7.05 Å². The number of likely N-dealkylation sites (N-methyl/N-ethyl adjacent to an activating group) is 1. The summed E-state index contributed by atoms with van der Waals surface area (Å²) in [6.07, 6.45) is 0. The quantitative estimate of drug-likeness (QED) is 0.828. The third kappa shape index (κ3) is 3.16. The molecule has 1 aliphatic heterocycles. The first kappa shape index (κ1) is 13.2. The molecule has 0 amide bonds. The third-order valence-corrected chi connectivity index (χ3v) is 3.10. The molecule has 1 N–H and O–H groups in total. The van der Waals surface area contributed by atoms with Gasteiger partial charge in [0.1, 0.15) is 12.4 Å². The van der Waals surface area contributed by atoms with Crippen LogP contribution in [0.5, 0.6) is 0 Å². The van der Waals surface area contributed by atoms with E-state index in [0.29, 0.717) is 12.4 Å². The van der Waals surface area contributed by atoms with Crippen LogP contribution in [-0.4, -0.2) is 60.2 Å². The van der Waals surface area contributed by atoms with E-state index in [0.717, 1.165) is 37.7 Å². The molecule has 2 rings (SSSR count). The van der Waals surface area contributed by atoms with Crippen molar-refractivity contribution in [2.45, 2.75) is 13.2 Å². The lowest BCUT2D eigenvalue weighted by Crippen LogP contribution is -2.45. The lowest BCUT2D eigenvalue weighted by atomic mass is 10.3. The molecule has 0 radical (unpaired) electrons. The van der Waals surface area contributed by atoms with Gasteiger partial charge in [-0.25, -0.2) is 9.97 Å². The van der Waals surface area contributed by atoms with E-state index < -0.39 is 0 Å². The van der Waals surface area contributed by atoms with Gasteiger partial charge in [-0.3, -0.25) is 0 Å². The second kappa shape index (κ2) is 6.08. The second-order valence-corrected chi connectivity index (χ2v) is 4.56. The largest absolute Gasteiger partial charge is 0.660 e. The van der Waals surface area contributed by atoms with E-state index in [1.807, 2.05) is 6.07 Å². The molecule has 0 saturated carbocycles. The lowest BCUT2D eigenvalue weighted by molar-refractivity contribution is 0.270. The van der Waals surface area contributed by atoms with Crippen LogP contribution in [0.1, 0.15) is 11.5 Å². The van der Waals surface area contributed by atoms with Crippen molar-refractivity contribution in [3.8, 4) is 0 Å². The molecule has 2 heterocycles. The van der Waals surface area contributed by atoms with Crippen LogP contribution in [0.25, 0.3) is 5.32 Å². The van der Waals surface area contributed by atoms with Gasteiger partial charge in [-0.1, -0.05) is 0 Å². The summed E-state index contributed by atoms with van der Waals surface area (Å²) >= 11 is 0. The maximum atomic E-state index is 9.21. The van der Waals surface area contributed by atoms with E-state index in [2.05, 4.69) is 32.1 Å². The predicted octanol–water partition coefficient (Wildman–Crippen LogP) is 0.224. The summed E-state index contributed by atoms with van der Waals surface area (Å²) in [5.41, 5.74) is 0.866. The normalized spacial score (nSPS) is 17.2. The fraction of sp³-hybridized carbons (Fsp3) is 0.667. The highest BCUT2D eigenvalue weighted by Crippen LogP contribution is 2.16. The number of anilines is 1. The van der Waals surface area contributed by atoms with Crippen molar-refractivity contribution in [1.29, 1.82) is 0 Å². The van der Waals surface area contributed by atoms with Crippen molar-refractivity contribution in [3.63, 3.8) is 0 Å². The Morgan fingerprint density at radius 3 is 2.61 bits per heavy atom. The SMILES string of the molecule is C[N-]Cc1cc(N2CCN(C)CC2)nc(CO)n1. The Morgan fingerprint density at radius 1 is 1.28 bits per heavy atom. The molecule has 1 aromatic heterocycles. The molecule has 18 heavy (non-hydrogen) atoms. The first-order chi connectivity index (χ1) is 8.72. The number of piperazine rings is 1. The summed E-state index contributed by atoms with van der Waals surface area (Å²) in [6.45, 7) is 4.43. The van der Waals surface area contributed by atoms with Gasteiger partial charge in [0.2, 0.25) is 0 Å². The van der Waals surface area contributed by atoms with Crippen LogP contribution in [0, 0.1) is 0 Å². The monoisotopic (exact) mass is 250 g/mol. The molecule has 1 fully saturated rings. The van der Waals surface area contributed by atoms with Gasteiger partial charge in [0.15, 0.2) is 5.82 Å². The van der Waals surface area contributed by atoms with Crippen molar-refractivity contribution >= 4 is 5.82 Å². The molecule has 1 saturated heterocycles. The van der Waals surface area contributed by atoms with Crippen LogP contribution in [0.15, 0.2) is 6.07 Å². The number of aliphatic hydroxyl groups excluding tert-OH is 1. The molecule has 6 nitrogen and oxygen atoms in total. The van der Waals surface area contributed by atoms with E-state index in [4.69, 9.17) is 0 Å². The maximum absolute atomic E-state index is 9.21. The Labute approximate surface area is 108 Å². The van der Waals surface area contributed by atoms with Gasteiger partial charge in [0, 0.05) is 37.9 Å². The molecular formula is C12H20N5O-. The molecule has 0 atom stereocenters. The predicted molar refractivity (Wildman–Crippen MR) is 70.7 cm³/mol. The molecule has 1 aliphatic rings. The summed E-state index contributed by atoms with van der Waals surface area (Å²) in [5, 5.41) is 13.3. The molecule has 0 bridgehead atoms. The highest BCUT2D eigenvalue weighted by Gasteiger charge is 2.16. The number of nitrogens with zero attached hydrogens (tertiary/aromatic N) is 5. The molecule has 1 aromatic rings. The first-order valence-corrected chi connectivity index (χ1v) is 6.19. The number of hydrogen-bond donors (Lipinski definition) is 1. The van der Waals surface area contributed by atoms with Gasteiger partial charge >= 0.3 is 0 Å². The smallest absolute Gasteiger partial charge is 0.156 e. The number of aliphatic hydroxyl groups is 1. The van der Waals surface area contributed by atoms with Crippen LogP contribution in [0.3, 0.4) is 0 Å². The molecule has 100 valence electrons. The fourth-order valence-corrected chi connectivity index (χ4v) is 2.05. The molecular weight excluding hydrogens is 230 g/mol. The number of hydrogen-bond acceptors (Lipinski definition) is 5. The maximum Gasteiger partial charge on any atom is 0.156 e. The van der Waals surface area contributed by atoms with Crippen molar-refractivity contribution in [1.82, 2.24) is 14.9 Å². The third-order valence-electron chi connectivity index (χ3n) is 3.10. The number of aromatic nitrogens is 2. The van der Waals surface area contributed by atoms with Crippen LogP contribution in [-0.2, 0) is 13.2 Å². The van der Waals surface area contributed by atoms with Gasteiger partial charge in [0.05, 0.1) is 0 Å². The first-order valence-electron chi connectivity index (χ1n) is 6.19. The topological polar surface area (TPSA) is 66.6 Å². The Hall–Kier alpha value is -1.24. The minimum absolute atomic E-state index is 0.127. The molecule has 0 unspecified atom stereocenters. The molecule has 0 spiro atoms. The van der Waals surface area contributed by atoms with Crippen molar-refractivity contribution < 1.29 is 5.11 Å². The molecule has 0 aliphatic carbocycles. The van der Waals surface area contributed by atoms with Gasteiger partial charge in [0.25, 0.3) is 0 Å². The van der Waals surface area contributed by atoms with E-state index >= 15 is 0 Å². The Morgan fingerprint density at radius 2 is 2.00 bits per heavy atom. The van der Waals surface area contributed by atoms with Crippen LogP contribution < -0.4 is 4.90 Å². The zero-order valence-corrected chi connectivity index (χ0v) is 11.0. The van der Waals surface area contributed by atoms with Crippen molar-refractivity contribution in [2.75, 3.05) is 45.2 Å². The van der Waals surface area contributed by atoms with Crippen molar-refractivity contribution in [3.05, 3.63) is 22.9 Å². The van der Waals surface area contributed by atoms with E-state index in [1.165, 1.54) is 0 Å². The zero-order chi connectivity index (χ0) is 13.0. The molecule has 0 aromatic carbocycles. The highest BCUT2D eigenvalue weighted by atomic mass is 16.3. The summed E-state index contributed by atoms with van der Waals surface area (Å²) in [7, 11) is 3.88.